The summed E-state index contributed by atoms with van der Waals surface area (Å²) < 4.78 is 35.8. The van der Waals surface area contributed by atoms with Crippen LogP contribution in [0.1, 0.15) is 44.9 Å². The van der Waals surface area contributed by atoms with Crippen LogP contribution >= 0.6 is 0 Å². The van der Waals surface area contributed by atoms with Crippen molar-refractivity contribution in [2.75, 3.05) is 6.54 Å². The lowest BCUT2D eigenvalue weighted by Gasteiger charge is -2.26. The lowest BCUT2D eigenvalue weighted by atomic mass is 9.79. The Bertz CT molecular complexity index is 245. The van der Waals surface area contributed by atoms with Crippen molar-refractivity contribution in [3.05, 3.63) is 0 Å². The van der Waals surface area contributed by atoms with Crippen molar-refractivity contribution in [3.63, 3.8) is 0 Å². The average molecular weight is 251 g/mol. The van der Waals surface area contributed by atoms with Gasteiger partial charge in [0.05, 0.1) is 0 Å². The van der Waals surface area contributed by atoms with Crippen LogP contribution in [0, 0.1) is 11.8 Å². The molecule has 0 aromatic heterocycles. The number of hydrogen-bond donors (Lipinski definition) is 1. The van der Waals surface area contributed by atoms with Gasteiger partial charge in [-0.1, -0.05) is 0 Å². The predicted molar refractivity (Wildman–Crippen MR) is 59.4 cm³/mol. The van der Waals surface area contributed by atoms with E-state index in [4.69, 9.17) is 5.73 Å². The predicted octanol–water partition coefficient (Wildman–Crippen LogP) is 3.05. The molecule has 0 aliphatic heterocycles. The van der Waals surface area contributed by atoms with Crippen LogP contribution < -0.4 is 5.73 Å². The third-order valence-corrected chi connectivity index (χ3v) is 3.52. The fraction of sp³-hybridized carbons (Fsp3) is 0.917. The first-order valence-electron chi connectivity index (χ1n) is 6.22. The molecular formula is C12H20F3NO. The van der Waals surface area contributed by atoms with Gasteiger partial charge in [0.1, 0.15) is 5.78 Å². The Morgan fingerprint density at radius 3 is 2.24 bits per heavy atom. The van der Waals surface area contributed by atoms with Gasteiger partial charge >= 0.3 is 6.18 Å². The van der Waals surface area contributed by atoms with Crippen molar-refractivity contribution in [1.82, 2.24) is 0 Å². The van der Waals surface area contributed by atoms with Gasteiger partial charge in [-0.15, -0.1) is 0 Å². The summed E-state index contributed by atoms with van der Waals surface area (Å²) in [6, 6.07) is 0. The summed E-state index contributed by atoms with van der Waals surface area (Å²) in [5.74, 6) is 0.477. The molecule has 1 aliphatic carbocycles. The molecule has 100 valence electrons. The number of halogens is 3. The SMILES string of the molecule is NCC1CCC(C(=O)CCCC(F)(F)F)CC1. The Morgan fingerprint density at radius 2 is 1.76 bits per heavy atom. The Balaban J connectivity index is 2.21. The van der Waals surface area contributed by atoms with E-state index in [2.05, 4.69) is 0 Å². The minimum Gasteiger partial charge on any atom is -0.330 e. The molecule has 0 unspecified atom stereocenters. The number of Topliss-reactive ketones (excluding diaryl/α,β-unsaturated/α-hetero) is 1. The summed E-state index contributed by atoms with van der Waals surface area (Å²) in [6.07, 6.45) is -1.53. The lowest BCUT2D eigenvalue weighted by molar-refractivity contribution is -0.137. The van der Waals surface area contributed by atoms with E-state index < -0.39 is 12.6 Å². The van der Waals surface area contributed by atoms with E-state index >= 15 is 0 Å². The normalized spacial score (nSPS) is 25.9. The summed E-state index contributed by atoms with van der Waals surface area (Å²) in [6.45, 7) is 0.648. The van der Waals surface area contributed by atoms with Crippen molar-refractivity contribution >= 4 is 5.78 Å². The third kappa shape index (κ3) is 5.52. The first kappa shape index (κ1) is 14.5. The Hall–Kier alpha value is -0.580. The van der Waals surface area contributed by atoms with E-state index in [0.29, 0.717) is 12.5 Å². The third-order valence-electron chi connectivity index (χ3n) is 3.52. The van der Waals surface area contributed by atoms with Crippen molar-refractivity contribution in [1.29, 1.82) is 0 Å². The molecule has 1 fully saturated rings. The van der Waals surface area contributed by atoms with Crippen LogP contribution in [0.25, 0.3) is 0 Å². The number of nitrogens with two attached hydrogens (primary N) is 1. The quantitative estimate of drug-likeness (QED) is 0.816. The molecular weight excluding hydrogens is 231 g/mol. The molecule has 1 rings (SSSR count). The second-order valence-corrected chi connectivity index (χ2v) is 4.89. The van der Waals surface area contributed by atoms with Crippen molar-refractivity contribution < 1.29 is 18.0 Å². The van der Waals surface area contributed by atoms with E-state index in [1.54, 1.807) is 0 Å². The summed E-state index contributed by atoms with van der Waals surface area (Å²) in [4.78, 5) is 11.7. The van der Waals surface area contributed by atoms with Gasteiger partial charge in [-0.25, -0.2) is 0 Å². The largest absolute Gasteiger partial charge is 0.389 e. The molecule has 2 N–H and O–H groups in total. The number of alkyl halides is 3. The van der Waals surface area contributed by atoms with Crippen LogP contribution in [-0.4, -0.2) is 18.5 Å². The molecule has 0 aromatic rings. The van der Waals surface area contributed by atoms with E-state index in [0.717, 1.165) is 25.7 Å². The van der Waals surface area contributed by atoms with E-state index in [1.807, 2.05) is 0 Å². The Labute approximate surface area is 99.7 Å². The first-order valence-corrected chi connectivity index (χ1v) is 6.22. The molecule has 0 bridgehead atoms. The van der Waals surface area contributed by atoms with Gasteiger partial charge in [-0.3, -0.25) is 4.79 Å². The standard InChI is InChI=1S/C12H20F3NO/c13-12(14,15)7-1-2-11(17)10-5-3-9(8-16)4-6-10/h9-10H,1-8,16H2. The van der Waals surface area contributed by atoms with E-state index in [-0.39, 0.29) is 24.5 Å². The first-order chi connectivity index (χ1) is 7.92. The van der Waals surface area contributed by atoms with Crippen LogP contribution in [0.15, 0.2) is 0 Å². The lowest BCUT2D eigenvalue weighted by Crippen LogP contribution is -2.25. The number of carbonyl (C=O) groups is 1. The zero-order chi connectivity index (χ0) is 12.9. The molecule has 2 nitrogen and oxygen atoms in total. The zero-order valence-electron chi connectivity index (χ0n) is 9.93. The highest BCUT2D eigenvalue weighted by molar-refractivity contribution is 5.81. The van der Waals surface area contributed by atoms with Crippen LogP contribution in [0.2, 0.25) is 0 Å². The minimum absolute atomic E-state index is 0.00437. The topological polar surface area (TPSA) is 43.1 Å². The molecule has 0 amide bonds. The van der Waals surface area contributed by atoms with Gasteiger partial charge in [0.2, 0.25) is 0 Å². The molecule has 1 saturated carbocycles. The van der Waals surface area contributed by atoms with Gasteiger partial charge in [-0.2, -0.15) is 13.2 Å². The fourth-order valence-electron chi connectivity index (χ4n) is 2.39. The molecule has 1 aliphatic rings. The Morgan fingerprint density at radius 1 is 1.18 bits per heavy atom. The van der Waals surface area contributed by atoms with Gasteiger partial charge < -0.3 is 5.73 Å². The van der Waals surface area contributed by atoms with E-state index in [9.17, 15) is 18.0 Å². The van der Waals surface area contributed by atoms with Gasteiger partial charge in [0.25, 0.3) is 0 Å². The average Bonchev–Trinajstić information content (AvgIpc) is 2.27. The zero-order valence-corrected chi connectivity index (χ0v) is 9.93. The summed E-state index contributed by atoms with van der Waals surface area (Å²) in [7, 11) is 0. The number of rotatable bonds is 5. The molecule has 0 radical (unpaired) electrons. The highest BCUT2D eigenvalue weighted by Gasteiger charge is 2.29. The Kier molecular flexibility index (Phi) is 5.43. The molecule has 0 aromatic carbocycles. The van der Waals surface area contributed by atoms with Crippen LogP contribution in [0.3, 0.4) is 0 Å². The summed E-state index contributed by atoms with van der Waals surface area (Å²) in [5, 5.41) is 0. The molecule has 0 saturated heterocycles. The number of hydrogen-bond acceptors (Lipinski definition) is 2. The number of carbonyl (C=O) groups excluding carboxylic acids is 1. The maximum atomic E-state index is 11.9. The highest BCUT2D eigenvalue weighted by Crippen LogP contribution is 2.30. The highest BCUT2D eigenvalue weighted by atomic mass is 19.4. The maximum Gasteiger partial charge on any atom is 0.389 e. The smallest absolute Gasteiger partial charge is 0.330 e. The number of ketones is 1. The summed E-state index contributed by atoms with van der Waals surface area (Å²) >= 11 is 0. The molecule has 0 atom stereocenters. The van der Waals surface area contributed by atoms with Gasteiger partial charge in [0, 0.05) is 18.8 Å². The van der Waals surface area contributed by atoms with Crippen LogP contribution in [-0.2, 0) is 4.79 Å². The van der Waals surface area contributed by atoms with Gasteiger partial charge in [-0.05, 0) is 44.6 Å². The van der Waals surface area contributed by atoms with Crippen LogP contribution in [0.5, 0.6) is 0 Å². The molecule has 17 heavy (non-hydrogen) atoms. The van der Waals surface area contributed by atoms with E-state index in [1.165, 1.54) is 0 Å². The second-order valence-electron chi connectivity index (χ2n) is 4.89. The minimum atomic E-state index is -4.14. The monoisotopic (exact) mass is 251 g/mol. The van der Waals surface area contributed by atoms with Crippen LogP contribution in [0.4, 0.5) is 13.2 Å². The summed E-state index contributed by atoms with van der Waals surface area (Å²) in [5.41, 5.74) is 5.54. The van der Waals surface area contributed by atoms with Crippen molar-refractivity contribution in [3.8, 4) is 0 Å². The van der Waals surface area contributed by atoms with Crippen molar-refractivity contribution in [2.24, 2.45) is 17.6 Å². The van der Waals surface area contributed by atoms with Gasteiger partial charge in [0.15, 0.2) is 0 Å². The second kappa shape index (κ2) is 6.38. The fourth-order valence-corrected chi connectivity index (χ4v) is 2.39. The van der Waals surface area contributed by atoms with Crippen molar-refractivity contribution in [2.45, 2.75) is 51.1 Å². The molecule has 0 spiro atoms. The molecule has 0 heterocycles. The molecule has 5 heteroatoms. The maximum absolute atomic E-state index is 11.9.